The molecule has 1 saturated heterocycles. The van der Waals surface area contributed by atoms with Crippen molar-refractivity contribution in [3.63, 3.8) is 0 Å². The second-order valence-electron chi connectivity index (χ2n) is 8.16. The van der Waals surface area contributed by atoms with Crippen molar-refractivity contribution in [1.82, 2.24) is 14.5 Å². The Morgan fingerprint density at radius 2 is 1.69 bits per heavy atom. The van der Waals surface area contributed by atoms with E-state index in [1.807, 2.05) is 53.4 Å². The molecule has 0 unspecified atom stereocenters. The van der Waals surface area contributed by atoms with Gasteiger partial charge in [0, 0.05) is 50.2 Å². The van der Waals surface area contributed by atoms with E-state index in [2.05, 4.69) is 52.2 Å². The summed E-state index contributed by atoms with van der Waals surface area (Å²) in [5.41, 5.74) is 5.23. The van der Waals surface area contributed by atoms with Crippen LogP contribution in [0.3, 0.4) is 0 Å². The molecule has 2 amide bonds. The van der Waals surface area contributed by atoms with Crippen LogP contribution >= 0.6 is 0 Å². The summed E-state index contributed by atoms with van der Waals surface area (Å²) < 4.78 is 2.15. The number of rotatable bonds is 3. The Hall–Kier alpha value is -3.80. The molecule has 1 fully saturated rings. The average Bonchev–Trinajstić information content (AvgIpc) is 2.99. The third kappa shape index (κ3) is 4.04. The number of hydrogen-bond acceptors (Lipinski definition) is 3. The van der Waals surface area contributed by atoms with Crippen molar-refractivity contribution < 1.29 is 4.79 Å². The van der Waals surface area contributed by atoms with Crippen molar-refractivity contribution in [1.29, 1.82) is 0 Å². The maximum absolute atomic E-state index is 12.7. The smallest absolute Gasteiger partial charge is 0.321 e. The fraction of sp³-hybridized carbons (Fsp3) is 0.231. The van der Waals surface area contributed by atoms with Crippen LogP contribution in [-0.2, 0) is 7.05 Å². The van der Waals surface area contributed by atoms with Crippen LogP contribution in [0.1, 0.15) is 6.42 Å². The molecule has 0 spiro atoms. The third-order valence-electron chi connectivity index (χ3n) is 6.06. The first-order valence-electron chi connectivity index (χ1n) is 11.1. The molecule has 1 N–H and O–H groups in total. The summed E-state index contributed by atoms with van der Waals surface area (Å²) in [4.78, 5) is 21.8. The Morgan fingerprint density at radius 1 is 0.875 bits per heavy atom. The minimum absolute atomic E-state index is 0.0356. The van der Waals surface area contributed by atoms with Crippen molar-refractivity contribution in [2.75, 3.05) is 36.4 Å². The van der Waals surface area contributed by atoms with E-state index in [0.29, 0.717) is 6.54 Å². The van der Waals surface area contributed by atoms with Crippen LogP contribution in [0.25, 0.3) is 22.4 Å². The molecule has 4 aromatic rings. The zero-order valence-electron chi connectivity index (χ0n) is 18.2. The number of hydrogen-bond donors (Lipinski definition) is 1. The molecule has 0 bridgehead atoms. The van der Waals surface area contributed by atoms with Gasteiger partial charge in [-0.3, -0.25) is 0 Å². The van der Waals surface area contributed by atoms with Gasteiger partial charge in [-0.05, 0) is 42.8 Å². The number of anilines is 2. The summed E-state index contributed by atoms with van der Waals surface area (Å²) in [7, 11) is 2.06. The van der Waals surface area contributed by atoms with Crippen molar-refractivity contribution >= 4 is 28.4 Å². The van der Waals surface area contributed by atoms with Gasteiger partial charge in [-0.25, -0.2) is 9.78 Å². The number of amides is 2. The summed E-state index contributed by atoms with van der Waals surface area (Å²) in [6.07, 6.45) is 0.929. The summed E-state index contributed by atoms with van der Waals surface area (Å²) in [6.45, 7) is 3.16. The fourth-order valence-corrected chi connectivity index (χ4v) is 4.35. The molecule has 162 valence electrons. The molecule has 3 aromatic carbocycles. The topological polar surface area (TPSA) is 53.4 Å². The SMILES string of the molecule is Cn1c(-c2cccc(N3CCCN(C(=O)Nc4ccccc4)CC3)c2)nc2ccccc21. The summed E-state index contributed by atoms with van der Waals surface area (Å²) in [5.74, 6) is 0.965. The first-order chi connectivity index (χ1) is 15.7. The fourth-order valence-electron chi connectivity index (χ4n) is 4.35. The lowest BCUT2D eigenvalue weighted by atomic mass is 10.1. The van der Waals surface area contributed by atoms with E-state index in [1.165, 1.54) is 5.69 Å². The quantitative estimate of drug-likeness (QED) is 0.503. The number of aromatic nitrogens is 2. The van der Waals surface area contributed by atoms with Crippen LogP contribution in [0, 0.1) is 0 Å². The highest BCUT2D eigenvalue weighted by atomic mass is 16.2. The molecule has 0 atom stereocenters. The third-order valence-corrected chi connectivity index (χ3v) is 6.06. The molecule has 0 saturated carbocycles. The summed E-state index contributed by atoms with van der Waals surface area (Å²) in [5, 5.41) is 3.00. The molecule has 2 heterocycles. The lowest BCUT2D eigenvalue weighted by Gasteiger charge is -2.24. The zero-order chi connectivity index (χ0) is 21.9. The van der Waals surface area contributed by atoms with Gasteiger partial charge >= 0.3 is 6.03 Å². The Balaban J connectivity index is 1.31. The van der Waals surface area contributed by atoms with Gasteiger partial charge in [0.05, 0.1) is 11.0 Å². The van der Waals surface area contributed by atoms with E-state index in [4.69, 9.17) is 4.98 Å². The van der Waals surface area contributed by atoms with Gasteiger partial charge in [0.25, 0.3) is 0 Å². The molecular formula is C26H27N5O. The normalized spacial score (nSPS) is 14.4. The predicted octanol–water partition coefficient (Wildman–Crippen LogP) is 4.98. The van der Waals surface area contributed by atoms with Crippen LogP contribution in [0.15, 0.2) is 78.9 Å². The number of para-hydroxylation sites is 3. The van der Waals surface area contributed by atoms with Gasteiger partial charge < -0.3 is 19.7 Å². The van der Waals surface area contributed by atoms with E-state index in [-0.39, 0.29) is 6.03 Å². The van der Waals surface area contributed by atoms with Crippen LogP contribution in [-0.4, -0.2) is 46.7 Å². The molecule has 6 heteroatoms. The largest absolute Gasteiger partial charge is 0.370 e. The van der Waals surface area contributed by atoms with Gasteiger partial charge in [-0.15, -0.1) is 0 Å². The average molecular weight is 426 g/mol. The highest BCUT2D eigenvalue weighted by molar-refractivity contribution is 5.89. The molecule has 0 radical (unpaired) electrons. The minimum atomic E-state index is -0.0356. The Morgan fingerprint density at radius 3 is 2.53 bits per heavy atom. The van der Waals surface area contributed by atoms with Gasteiger partial charge in [0.1, 0.15) is 5.82 Å². The molecule has 1 aliphatic rings. The second kappa shape index (κ2) is 8.75. The van der Waals surface area contributed by atoms with Crippen molar-refractivity contribution in [2.45, 2.75) is 6.42 Å². The van der Waals surface area contributed by atoms with Gasteiger partial charge in [-0.2, -0.15) is 0 Å². The first kappa shape index (κ1) is 20.1. The van der Waals surface area contributed by atoms with E-state index in [0.717, 1.165) is 54.2 Å². The molecule has 0 aliphatic carbocycles. The van der Waals surface area contributed by atoms with Gasteiger partial charge in [0.15, 0.2) is 0 Å². The molecule has 32 heavy (non-hydrogen) atoms. The lowest BCUT2D eigenvalue weighted by Crippen LogP contribution is -2.38. The van der Waals surface area contributed by atoms with Crippen LogP contribution in [0.2, 0.25) is 0 Å². The molecule has 5 rings (SSSR count). The standard InChI is InChI=1S/C26H27N5O/c1-29-24-14-6-5-13-23(24)28-25(29)20-9-7-12-22(19-20)30-15-8-16-31(18-17-30)26(32)27-21-10-3-2-4-11-21/h2-7,9-14,19H,8,15-18H2,1H3,(H,27,32). The first-order valence-corrected chi connectivity index (χ1v) is 11.1. The van der Waals surface area contributed by atoms with Crippen molar-refractivity contribution in [3.05, 3.63) is 78.9 Å². The number of nitrogens with one attached hydrogen (secondary N) is 1. The van der Waals surface area contributed by atoms with E-state index in [1.54, 1.807) is 0 Å². The number of nitrogens with zero attached hydrogens (tertiary/aromatic N) is 4. The van der Waals surface area contributed by atoms with Gasteiger partial charge in [0.2, 0.25) is 0 Å². The number of carbonyl (C=O) groups is 1. The summed E-state index contributed by atoms with van der Waals surface area (Å²) in [6, 6.07) is 26.4. The number of fused-ring (bicyclic) bond motifs is 1. The number of urea groups is 1. The predicted molar refractivity (Wildman–Crippen MR) is 130 cm³/mol. The van der Waals surface area contributed by atoms with Crippen LogP contribution in [0.4, 0.5) is 16.2 Å². The Labute approximate surface area is 188 Å². The lowest BCUT2D eigenvalue weighted by molar-refractivity contribution is 0.215. The van der Waals surface area contributed by atoms with E-state index < -0.39 is 0 Å². The Kier molecular flexibility index (Phi) is 5.50. The zero-order valence-corrected chi connectivity index (χ0v) is 18.2. The van der Waals surface area contributed by atoms with Crippen LogP contribution in [0.5, 0.6) is 0 Å². The second-order valence-corrected chi connectivity index (χ2v) is 8.16. The number of benzene rings is 3. The molecule has 1 aromatic heterocycles. The number of aryl methyl sites for hydroxylation is 1. The van der Waals surface area contributed by atoms with Crippen molar-refractivity contribution in [2.24, 2.45) is 7.05 Å². The van der Waals surface area contributed by atoms with E-state index in [9.17, 15) is 4.79 Å². The van der Waals surface area contributed by atoms with Gasteiger partial charge in [-0.1, -0.05) is 42.5 Å². The number of imidazole rings is 1. The van der Waals surface area contributed by atoms with Crippen LogP contribution < -0.4 is 10.2 Å². The maximum atomic E-state index is 12.7. The monoisotopic (exact) mass is 425 g/mol. The number of carbonyl (C=O) groups excluding carboxylic acids is 1. The molecule has 6 nitrogen and oxygen atoms in total. The molecule has 1 aliphatic heterocycles. The Bertz CT molecular complexity index is 1230. The van der Waals surface area contributed by atoms with Crippen molar-refractivity contribution in [3.8, 4) is 11.4 Å². The highest BCUT2D eigenvalue weighted by Gasteiger charge is 2.20. The molecular weight excluding hydrogens is 398 g/mol. The minimum Gasteiger partial charge on any atom is -0.370 e. The van der Waals surface area contributed by atoms with E-state index >= 15 is 0 Å². The highest BCUT2D eigenvalue weighted by Crippen LogP contribution is 2.27. The maximum Gasteiger partial charge on any atom is 0.321 e. The summed E-state index contributed by atoms with van der Waals surface area (Å²) >= 11 is 0.